The van der Waals surface area contributed by atoms with E-state index in [0.717, 1.165) is 25.7 Å². The number of aliphatic hydroxyl groups is 1. The van der Waals surface area contributed by atoms with E-state index >= 15 is 0 Å². The standard InChI is InChI=1S/C14H21N3O3/c1-17(9-14(19)7-3-4-8-14)12-10(15)5-6-11(16-12)13(18)20-2/h5-6,19H,3-4,7-9,15H2,1-2H3. The van der Waals surface area contributed by atoms with Crippen molar-refractivity contribution in [3.8, 4) is 0 Å². The Kier molecular flexibility index (Phi) is 4.13. The van der Waals surface area contributed by atoms with Gasteiger partial charge in [0.25, 0.3) is 0 Å². The van der Waals surface area contributed by atoms with Crippen LogP contribution in [0.1, 0.15) is 36.2 Å². The van der Waals surface area contributed by atoms with Gasteiger partial charge in [0.15, 0.2) is 11.5 Å². The van der Waals surface area contributed by atoms with Crippen molar-refractivity contribution in [2.24, 2.45) is 0 Å². The lowest BCUT2D eigenvalue weighted by Gasteiger charge is -2.30. The number of nitrogen functional groups attached to an aromatic ring is 1. The summed E-state index contributed by atoms with van der Waals surface area (Å²) in [5.41, 5.74) is 5.91. The van der Waals surface area contributed by atoms with Gasteiger partial charge in [0, 0.05) is 13.6 Å². The van der Waals surface area contributed by atoms with Crippen LogP contribution in [0.25, 0.3) is 0 Å². The Bertz CT molecular complexity index is 498. The van der Waals surface area contributed by atoms with Crippen LogP contribution in [0, 0.1) is 0 Å². The van der Waals surface area contributed by atoms with Crippen LogP contribution in [-0.4, -0.2) is 42.4 Å². The molecule has 0 aliphatic heterocycles. The molecule has 1 heterocycles. The molecule has 2 rings (SSSR count). The molecule has 0 radical (unpaired) electrons. The van der Waals surface area contributed by atoms with Crippen LogP contribution in [0.5, 0.6) is 0 Å². The summed E-state index contributed by atoms with van der Waals surface area (Å²) in [6.07, 6.45) is 3.65. The number of nitrogens with two attached hydrogens (primary N) is 1. The molecule has 1 aromatic rings. The summed E-state index contributed by atoms with van der Waals surface area (Å²) in [5.74, 6) is -0.00699. The van der Waals surface area contributed by atoms with Crippen LogP contribution < -0.4 is 10.6 Å². The number of ether oxygens (including phenoxy) is 1. The van der Waals surface area contributed by atoms with E-state index in [-0.39, 0.29) is 5.69 Å². The fourth-order valence-electron chi connectivity index (χ4n) is 2.69. The van der Waals surface area contributed by atoms with Crippen LogP contribution in [0.3, 0.4) is 0 Å². The van der Waals surface area contributed by atoms with E-state index in [1.165, 1.54) is 13.2 Å². The third-order valence-electron chi connectivity index (χ3n) is 3.73. The van der Waals surface area contributed by atoms with Gasteiger partial charge in [-0.1, -0.05) is 12.8 Å². The lowest BCUT2D eigenvalue weighted by Crippen LogP contribution is -2.40. The average molecular weight is 279 g/mol. The SMILES string of the molecule is COC(=O)c1ccc(N)c(N(C)CC2(O)CCCC2)n1. The van der Waals surface area contributed by atoms with Crippen molar-refractivity contribution < 1.29 is 14.6 Å². The predicted octanol–water partition coefficient (Wildman–Crippen LogP) is 1.19. The molecule has 1 fully saturated rings. The number of carbonyl (C=O) groups is 1. The molecule has 0 unspecified atom stereocenters. The van der Waals surface area contributed by atoms with Crippen LogP contribution in [0.2, 0.25) is 0 Å². The fraction of sp³-hybridized carbons (Fsp3) is 0.571. The monoisotopic (exact) mass is 279 g/mol. The van der Waals surface area contributed by atoms with E-state index in [9.17, 15) is 9.90 Å². The molecule has 0 amide bonds. The highest BCUT2D eigenvalue weighted by Gasteiger charge is 2.33. The molecule has 1 saturated carbocycles. The minimum Gasteiger partial charge on any atom is -0.464 e. The summed E-state index contributed by atoms with van der Waals surface area (Å²) in [6, 6.07) is 3.16. The quantitative estimate of drug-likeness (QED) is 0.805. The average Bonchev–Trinajstić information content (AvgIpc) is 2.84. The van der Waals surface area contributed by atoms with Crippen molar-refractivity contribution in [3.05, 3.63) is 17.8 Å². The van der Waals surface area contributed by atoms with Crippen LogP contribution in [0.4, 0.5) is 11.5 Å². The van der Waals surface area contributed by atoms with Crippen molar-refractivity contribution in [2.75, 3.05) is 31.3 Å². The van der Waals surface area contributed by atoms with Crippen LogP contribution in [-0.2, 0) is 4.74 Å². The van der Waals surface area contributed by atoms with Crippen molar-refractivity contribution in [1.29, 1.82) is 0 Å². The second kappa shape index (κ2) is 5.66. The van der Waals surface area contributed by atoms with Crippen molar-refractivity contribution >= 4 is 17.5 Å². The number of pyridine rings is 1. The molecule has 0 aromatic carbocycles. The first-order valence-electron chi connectivity index (χ1n) is 6.73. The summed E-state index contributed by atoms with van der Waals surface area (Å²) in [7, 11) is 3.13. The fourth-order valence-corrected chi connectivity index (χ4v) is 2.69. The molecule has 0 spiro atoms. The van der Waals surface area contributed by atoms with E-state index in [2.05, 4.69) is 9.72 Å². The Morgan fingerprint density at radius 2 is 2.15 bits per heavy atom. The highest BCUT2D eigenvalue weighted by atomic mass is 16.5. The van der Waals surface area contributed by atoms with Crippen LogP contribution >= 0.6 is 0 Å². The Morgan fingerprint density at radius 1 is 1.50 bits per heavy atom. The van der Waals surface area contributed by atoms with Gasteiger partial charge >= 0.3 is 5.97 Å². The van der Waals surface area contributed by atoms with Crippen molar-refractivity contribution in [3.63, 3.8) is 0 Å². The first-order valence-corrected chi connectivity index (χ1v) is 6.73. The second-order valence-corrected chi connectivity index (χ2v) is 5.39. The zero-order valence-electron chi connectivity index (χ0n) is 11.9. The number of rotatable bonds is 4. The van der Waals surface area contributed by atoms with Gasteiger partial charge in [-0.05, 0) is 25.0 Å². The summed E-state index contributed by atoms with van der Waals surface area (Å²) in [4.78, 5) is 17.5. The number of methoxy groups -OCH3 is 1. The molecule has 110 valence electrons. The third kappa shape index (κ3) is 3.01. The van der Waals surface area contributed by atoms with Gasteiger partial charge in [-0.25, -0.2) is 9.78 Å². The number of hydrogen-bond acceptors (Lipinski definition) is 6. The maximum absolute atomic E-state index is 11.5. The van der Waals surface area contributed by atoms with Crippen LogP contribution in [0.15, 0.2) is 12.1 Å². The Balaban J connectivity index is 2.20. The Hall–Kier alpha value is -1.82. The maximum Gasteiger partial charge on any atom is 0.356 e. The smallest absolute Gasteiger partial charge is 0.356 e. The predicted molar refractivity (Wildman–Crippen MR) is 76.7 cm³/mol. The van der Waals surface area contributed by atoms with Gasteiger partial charge < -0.3 is 20.5 Å². The molecule has 1 aromatic heterocycles. The number of anilines is 2. The minimum absolute atomic E-state index is 0.210. The Labute approximate surface area is 118 Å². The number of likely N-dealkylation sites (N-methyl/N-ethyl adjacent to an activating group) is 1. The van der Waals surface area contributed by atoms with Crippen molar-refractivity contribution in [2.45, 2.75) is 31.3 Å². The minimum atomic E-state index is -0.690. The van der Waals surface area contributed by atoms with E-state index in [1.807, 2.05) is 7.05 Å². The van der Waals surface area contributed by atoms with E-state index in [0.29, 0.717) is 18.1 Å². The molecule has 1 aliphatic carbocycles. The lowest BCUT2D eigenvalue weighted by atomic mass is 10.0. The molecule has 6 nitrogen and oxygen atoms in total. The summed E-state index contributed by atoms with van der Waals surface area (Å²) < 4.78 is 4.65. The molecular formula is C14H21N3O3. The number of esters is 1. The largest absolute Gasteiger partial charge is 0.464 e. The number of carbonyl (C=O) groups excluding carboxylic acids is 1. The van der Waals surface area contributed by atoms with Gasteiger partial charge in [0.05, 0.1) is 18.4 Å². The molecule has 6 heteroatoms. The zero-order chi connectivity index (χ0) is 14.8. The molecule has 3 N–H and O–H groups in total. The molecule has 0 saturated heterocycles. The van der Waals surface area contributed by atoms with E-state index in [1.54, 1.807) is 11.0 Å². The van der Waals surface area contributed by atoms with Gasteiger partial charge in [-0.15, -0.1) is 0 Å². The summed E-state index contributed by atoms with van der Waals surface area (Å²) in [6.45, 7) is 0.453. The number of hydrogen-bond donors (Lipinski definition) is 2. The van der Waals surface area contributed by atoms with Gasteiger partial charge in [0.1, 0.15) is 0 Å². The highest BCUT2D eigenvalue weighted by Crippen LogP contribution is 2.31. The van der Waals surface area contributed by atoms with Gasteiger partial charge in [-0.2, -0.15) is 0 Å². The van der Waals surface area contributed by atoms with Gasteiger partial charge in [0.2, 0.25) is 0 Å². The Morgan fingerprint density at radius 3 is 2.75 bits per heavy atom. The van der Waals surface area contributed by atoms with E-state index < -0.39 is 11.6 Å². The zero-order valence-corrected chi connectivity index (χ0v) is 11.9. The van der Waals surface area contributed by atoms with Gasteiger partial charge in [-0.3, -0.25) is 0 Å². The topological polar surface area (TPSA) is 88.7 Å². The number of aromatic nitrogens is 1. The van der Waals surface area contributed by atoms with E-state index in [4.69, 9.17) is 5.73 Å². The highest BCUT2D eigenvalue weighted by molar-refractivity contribution is 5.88. The molecule has 0 bridgehead atoms. The molecule has 1 aliphatic rings. The molecule has 0 atom stereocenters. The second-order valence-electron chi connectivity index (χ2n) is 5.39. The maximum atomic E-state index is 11.5. The normalized spacial score (nSPS) is 16.9. The third-order valence-corrected chi connectivity index (χ3v) is 3.73. The lowest BCUT2D eigenvalue weighted by molar-refractivity contribution is 0.0558. The molecular weight excluding hydrogens is 258 g/mol. The summed E-state index contributed by atoms with van der Waals surface area (Å²) >= 11 is 0. The first kappa shape index (κ1) is 14.6. The van der Waals surface area contributed by atoms with Crippen molar-refractivity contribution in [1.82, 2.24) is 4.98 Å². The number of nitrogens with zero attached hydrogens (tertiary/aromatic N) is 2. The molecule has 20 heavy (non-hydrogen) atoms. The summed E-state index contributed by atoms with van der Waals surface area (Å²) in [5, 5.41) is 10.4. The first-order chi connectivity index (χ1) is 9.45.